The zero-order valence-corrected chi connectivity index (χ0v) is 27.0. The molecular weight excluding hydrogens is 545 g/mol. The van der Waals surface area contributed by atoms with Crippen LogP contribution in [0.2, 0.25) is 18.1 Å². The summed E-state index contributed by atoms with van der Waals surface area (Å²) in [7, 11) is -2.21. The average molecular weight is 592 g/mol. The largest absolute Gasteiger partial charge is 0.433 e. The molecule has 1 spiro atoms. The van der Waals surface area contributed by atoms with Gasteiger partial charge in [-0.25, -0.2) is 0 Å². The molecule has 2 aromatic rings. The van der Waals surface area contributed by atoms with Crippen LogP contribution >= 0.6 is 0 Å². The molecule has 9 heteroatoms. The lowest BCUT2D eigenvalue weighted by Crippen LogP contribution is -2.50. The second-order valence-corrected chi connectivity index (χ2v) is 19.8. The highest BCUT2D eigenvalue weighted by atomic mass is 28.4. The standard InChI is InChI=1S/C32H46F3N2O3Si/c1-19(2)27-25-26(24-21(37(27)38)16-30(6,7)17-22(24)40-41(8,9)29(3,4)5)31(14-10-11-15-31)39-28(25)20-12-13-23(36-18-20)32(33,34)35/h12-13,18-19,22,28,38H,10-11,14-17H2,1-9H3/q+1. The molecule has 2 aromatic heterocycles. The van der Waals surface area contributed by atoms with Crippen molar-refractivity contribution in [3.05, 3.63) is 57.7 Å². The van der Waals surface area contributed by atoms with E-state index in [9.17, 15) is 18.4 Å². The molecule has 2 unspecified atom stereocenters. The third-order valence-corrected chi connectivity index (χ3v) is 14.4. The Balaban J connectivity index is 1.79. The van der Waals surface area contributed by atoms with Gasteiger partial charge in [-0.3, -0.25) is 10.2 Å². The van der Waals surface area contributed by atoms with Gasteiger partial charge >= 0.3 is 6.18 Å². The van der Waals surface area contributed by atoms with Crippen LogP contribution in [0.25, 0.3) is 0 Å². The van der Waals surface area contributed by atoms with E-state index in [1.807, 2.05) is 13.8 Å². The fourth-order valence-corrected chi connectivity index (χ4v) is 8.27. The van der Waals surface area contributed by atoms with Gasteiger partial charge in [0.2, 0.25) is 11.4 Å². The second-order valence-electron chi connectivity index (χ2n) is 15.1. The minimum atomic E-state index is -4.52. The Morgan fingerprint density at radius 3 is 2.24 bits per heavy atom. The molecule has 0 bridgehead atoms. The van der Waals surface area contributed by atoms with Crippen molar-refractivity contribution in [2.45, 2.75) is 135 Å². The van der Waals surface area contributed by atoms with Crippen molar-refractivity contribution < 1.29 is 32.3 Å². The number of nitrogens with zero attached hydrogens (tertiary/aromatic N) is 2. The molecule has 1 saturated carbocycles. The molecule has 1 aliphatic heterocycles. The van der Waals surface area contributed by atoms with E-state index >= 15 is 0 Å². The number of hydrogen-bond acceptors (Lipinski definition) is 4. The minimum Gasteiger partial charge on any atom is -0.410 e. The number of halogens is 3. The van der Waals surface area contributed by atoms with Gasteiger partial charge in [0.05, 0.1) is 22.8 Å². The van der Waals surface area contributed by atoms with Gasteiger partial charge in [0, 0.05) is 34.4 Å². The topological polar surface area (TPSA) is 55.5 Å². The first-order valence-electron chi connectivity index (χ1n) is 15.0. The van der Waals surface area contributed by atoms with Crippen LogP contribution in [0.4, 0.5) is 13.2 Å². The number of fused-ring (bicyclic) bond motifs is 4. The molecule has 5 nitrogen and oxygen atoms in total. The van der Waals surface area contributed by atoms with Crippen molar-refractivity contribution in [3.8, 4) is 0 Å². The normalized spacial score (nSPS) is 23.7. The summed E-state index contributed by atoms with van der Waals surface area (Å²) in [6, 6.07) is 2.51. The van der Waals surface area contributed by atoms with Crippen LogP contribution in [-0.2, 0) is 27.4 Å². The van der Waals surface area contributed by atoms with Gasteiger partial charge in [-0.1, -0.05) is 67.4 Å². The molecule has 0 amide bonds. The zero-order chi connectivity index (χ0) is 30.3. The lowest BCUT2D eigenvalue weighted by molar-refractivity contribution is -0.916. The summed E-state index contributed by atoms with van der Waals surface area (Å²) in [4.78, 5) is 3.78. The number of hydrogen-bond donors (Lipinski definition) is 1. The van der Waals surface area contributed by atoms with Crippen molar-refractivity contribution in [1.29, 1.82) is 0 Å². The molecule has 3 aliphatic rings. The van der Waals surface area contributed by atoms with Gasteiger partial charge in [0.1, 0.15) is 11.8 Å². The van der Waals surface area contributed by atoms with E-state index in [2.05, 4.69) is 52.7 Å². The van der Waals surface area contributed by atoms with Crippen LogP contribution in [0.15, 0.2) is 18.3 Å². The molecule has 1 N–H and O–H groups in total. The first kappa shape index (κ1) is 30.5. The second kappa shape index (κ2) is 9.78. The van der Waals surface area contributed by atoms with E-state index in [0.29, 0.717) is 12.0 Å². The summed E-state index contributed by atoms with van der Waals surface area (Å²) in [5.74, 6) is -0.0473. The molecule has 5 rings (SSSR count). The lowest BCUT2D eigenvalue weighted by Gasteiger charge is -2.44. The number of ether oxygens (including phenoxy) is 1. The SMILES string of the molecule is CC(C)c1c2c(c3c([n+]1O)CC(C)(C)CC3O[Si](C)(C)C(C)(C)C)C1(CCCC1)OC2c1ccc(C(F)(F)F)nc1. The predicted molar refractivity (Wildman–Crippen MR) is 153 cm³/mol. The van der Waals surface area contributed by atoms with Gasteiger partial charge in [0.25, 0.3) is 0 Å². The summed E-state index contributed by atoms with van der Waals surface area (Å²) in [6.07, 6.45) is 1.15. The smallest absolute Gasteiger partial charge is 0.410 e. The number of rotatable bonds is 4. The Labute approximate surface area is 243 Å². The molecule has 2 atom stereocenters. The van der Waals surface area contributed by atoms with Crippen LogP contribution in [0, 0.1) is 5.41 Å². The average Bonchev–Trinajstić information content (AvgIpc) is 3.42. The quantitative estimate of drug-likeness (QED) is 0.220. The molecule has 226 valence electrons. The van der Waals surface area contributed by atoms with E-state index in [1.165, 1.54) is 17.0 Å². The van der Waals surface area contributed by atoms with Gasteiger partial charge in [0.15, 0.2) is 8.32 Å². The monoisotopic (exact) mass is 591 g/mol. The summed E-state index contributed by atoms with van der Waals surface area (Å²) < 4.78 is 55.7. The summed E-state index contributed by atoms with van der Waals surface area (Å²) >= 11 is 0. The molecule has 41 heavy (non-hydrogen) atoms. The number of aromatic nitrogens is 2. The van der Waals surface area contributed by atoms with Crippen LogP contribution in [0.1, 0.15) is 138 Å². The highest BCUT2D eigenvalue weighted by molar-refractivity contribution is 6.74. The van der Waals surface area contributed by atoms with E-state index in [4.69, 9.17) is 9.16 Å². The highest BCUT2D eigenvalue weighted by Crippen LogP contribution is 2.60. The van der Waals surface area contributed by atoms with E-state index in [-0.39, 0.29) is 22.5 Å². The van der Waals surface area contributed by atoms with Gasteiger partial charge in [-0.2, -0.15) is 13.2 Å². The van der Waals surface area contributed by atoms with Crippen molar-refractivity contribution in [2.75, 3.05) is 0 Å². The van der Waals surface area contributed by atoms with Gasteiger partial charge < -0.3 is 9.16 Å². The van der Waals surface area contributed by atoms with Crippen LogP contribution in [0.5, 0.6) is 0 Å². The third-order valence-electron chi connectivity index (χ3n) is 9.96. The summed E-state index contributed by atoms with van der Waals surface area (Å²) in [5.41, 5.74) is 3.67. The van der Waals surface area contributed by atoms with Gasteiger partial charge in [-0.15, -0.1) is 0 Å². The van der Waals surface area contributed by atoms with Crippen molar-refractivity contribution in [2.24, 2.45) is 5.41 Å². The van der Waals surface area contributed by atoms with E-state index in [1.54, 1.807) is 0 Å². The first-order chi connectivity index (χ1) is 18.8. The molecule has 1 fully saturated rings. The Kier molecular flexibility index (Phi) is 7.27. The predicted octanol–water partition coefficient (Wildman–Crippen LogP) is 8.67. The first-order valence-corrected chi connectivity index (χ1v) is 17.9. The number of pyridine rings is 2. The van der Waals surface area contributed by atoms with E-state index in [0.717, 1.165) is 66.2 Å². The van der Waals surface area contributed by atoms with Crippen LogP contribution in [0.3, 0.4) is 0 Å². The maximum atomic E-state index is 13.4. The molecule has 3 heterocycles. The molecule has 0 saturated heterocycles. The molecular formula is C32H46F3N2O3Si+. The molecule has 2 aliphatic carbocycles. The Bertz CT molecular complexity index is 1320. The van der Waals surface area contributed by atoms with E-state index < -0.39 is 31.9 Å². The molecule has 0 aromatic carbocycles. The lowest BCUT2D eigenvalue weighted by atomic mass is 9.70. The van der Waals surface area contributed by atoms with Crippen molar-refractivity contribution in [3.63, 3.8) is 0 Å². The fourth-order valence-electron chi connectivity index (χ4n) is 7.00. The highest BCUT2D eigenvalue weighted by Gasteiger charge is 2.57. The van der Waals surface area contributed by atoms with Crippen molar-refractivity contribution >= 4 is 8.32 Å². The fraction of sp³-hybridized carbons (Fsp3) is 0.688. The number of alkyl halides is 3. The Morgan fingerprint density at radius 2 is 1.73 bits per heavy atom. The Hall–Kier alpha value is -1.97. The minimum absolute atomic E-state index is 0.000959. The zero-order valence-electron chi connectivity index (χ0n) is 26.0. The maximum absolute atomic E-state index is 13.4. The van der Waals surface area contributed by atoms with Gasteiger partial charge in [-0.05, 0) is 48.9 Å². The van der Waals surface area contributed by atoms with Crippen LogP contribution in [-0.4, -0.2) is 18.5 Å². The van der Waals surface area contributed by atoms with Crippen LogP contribution < -0.4 is 4.73 Å². The summed E-state index contributed by atoms with van der Waals surface area (Å²) in [5, 5.41) is 12.0. The Morgan fingerprint density at radius 1 is 1.10 bits per heavy atom. The molecule has 0 radical (unpaired) electrons. The van der Waals surface area contributed by atoms with Crippen molar-refractivity contribution in [1.82, 2.24) is 4.98 Å². The summed E-state index contributed by atoms with van der Waals surface area (Å²) in [6.45, 7) is 19.8. The maximum Gasteiger partial charge on any atom is 0.433 e. The third kappa shape index (κ3) is 5.14.